The summed E-state index contributed by atoms with van der Waals surface area (Å²) < 4.78 is 5.83. The molecule has 3 aromatic rings. The van der Waals surface area contributed by atoms with E-state index in [2.05, 4.69) is 16.7 Å². The lowest BCUT2D eigenvalue weighted by atomic mass is 9.99. The quantitative estimate of drug-likeness (QED) is 0.697. The fourth-order valence-electron chi connectivity index (χ4n) is 2.74. The van der Waals surface area contributed by atoms with Gasteiger partial charge in [0.2, 0.25) is 5.88 Å². The second kappa shape index (κ2) is 5.04. The Labute approximate surface area is 132 Å². The Morgan fingerprint density at radius 1 is 0.957 bits per heavy atom. The predicted molar refractivity (Wildman–Crippen MR) is 86.9 cm³/mol. The zero-order valence-electron chi connectivity index (χ0n) is 12.0. The first-order valence-electron chi connectivity index (χ1n) is 7.07. The van der Waals surface area contributed by atoms with Gasteiger partial charge in [-0.2, -0.15) is 5.26 Å². The molecule has 5 heteroatoms. The van der Waals surface area contributed by atoms with Gasteiger partial charge < -0.3 is 9.73 Å². The lowest BCUT2D eigenvalue weighted by Gasteiger charge is -2.05. The maximum Gasteiger partial charge on any atom is 0.326 e. The number of anilines is 2. The van der Waals surface area contributed by atoms with Crippen LogP contribution in [0.5, 0.6) is 0 Å². The van der Waals surface area contributed by atoms with Crippen molar-refractivity contribution in [3.63, 3.8) is 0 Å². The first-order valence-corrected chi connectivity index (χ1v) is 7.07. The Kier molecular flexibility index (Phi) is 2.88. The summed E-state index contributed by atoms with van der Waals surface area (Å²) in [6, 6.07) is 18.5. The summed E-state index contributed by atoms with van der Waals surface area (Å²) in [6.07, 6.45) is 0. The molecule has 0 saturated heterocycles. The highest BCUT2D eigenvalue weighted by Crippen LogP contribution is 2.44. The van der Waals surface area contributed by atoms with E-state index >= 15 is 0 Å². The third-order valence-electron chi connectivity index (χ3n) is 3.73. The first kappa shape index (κ1) is 13.2. The molecule has 1 aromatic heterocycles. The lowest BCUT2D eigenvalue weighted by Crippen LogP contribution is -2.17. The minimum Gasteiger partial charge on any atom is -0.438 e. The monoisotopic (exact) mass is 301 g/mol. The van der Waals surface area contributed by atoms with Gasteiger partial charge in [0.25, 0.3) is 0 Å². The zero-order valence-corrected chi connectivity index (χ0v) is 12.0. The maximum atomic E-state index is 12.0. The number of nitrogens with zero attached hydrogens (tertiary/aromatic N) is 1. The highest BCUT2D eigenvalue weighted by Gasteiger charge is 2.28. The van der Waals surface area contributed by atoms with Crippen LogP contribution in [0.1, 0.15) is 5.56 Å². The fourth-order valence-corrected chi connectivity index (χ4v) is 2.74. The van der Waals surface area contributed by atoms with Gasteiger partial charge in [-0.25, -0.2) is 4.79 Å². The molecule has 1 aliphatic rings. The van der Waals surface area contributed by atoms with Crippen molar-refractivity contribution in [1.82, 2.24) is 0 Å². The van der Waals surface area contributed by atoms with E-state index in [0.717, 1.165) is 11.1 Å². The predicted octanol–water partition coefficient (Wildman–Crippen LogP) is 4.44. The van der Waals surface area contributed by atoms with Gasteiger partial charge in [-0.3, -0.25) is 5.32 Å². The molecule has 2 N–H and O–H groups in total. The summed E-state index contributed by atoms with van der Waals surface area (Å²) in [6.45, 7) is 0. The maximum absolute atomic E-state index is 12.0. The number of urea groups is 1. The standard InChI is InChI=1S/C18H11N3O2/c19-10-13-15-12-8-4-5-9-14(12)20-18(22)21-17(15)23-16(13)11-6-2-1-3-7-11/h1-9H,(H2,20,21,22). The Hall–Kier alpha value is -3.52. The smallest absolute Gasteiger partial charge is 0.326 e. The summed E-state index contributed by atoms with van der Waals surface area (Å²) in [5.74, 6) is 0.734. The molecule has 1 aliphatic heterocycles. The number of hydrogen-bond donors (Lipinski definition) is 2. The van der Waals surface area contributed by atoms with Crippen molar-refractivity contribution < 1.29 is 9.21 Å². The van der Waals surface area contributed by atoms with Gasteiger partial charge in [-0.05, 0) is 6.07 Å². The van der Waals surface area contributed by atoms with Crippen molar-refractivity contribution in [1.29, 1.82) is 5.26 Å². The second-order valence-electron chi connectivity index (χ2n) is 5.11. The van der Waals surface area contributed by atoms with Crippen molar-refractivity contribution in [3.05, 3.63) is 60.2 Å². The zero-order chi connectivity index (χ0) is 15.8. The lowest BCUT2D eigenvalue weighted by molar-refractivity contribution is 0.261. The average molecular weight is 301 g/mol. The molecule has 110 valence electrons. The molecular formula is C18H11N3O2. The van der Waals surface area contributed by atoms with Crippen LogP contribution in [-0.4, -0.2) is 6.03 Å². The number of nitriles is 1. The van der Waals surface area contributed by atoms with Gasteiger partial charge in [-0.1, -0.05) is 48.5 Å². The van der Waals surface area contributed by atoms with Crippen LogP contribution in [0.2, 0.25) is 0 Å². The van der Waals surface area contributed by atoms with Crippen LogP contribution >= 0.6 is 0 Å². The third kappa shape index (κ3) is 2.05. The van der Waals surface area contributed by atoms with Crippen LogP contribution in [0, 0.1) is 11.3 Å². The van der Waals surface area contributed by atoms with E-state index in [1.54, 1.807) is 6.07 Å². The second-order valence-corrected chi connectivity index (χ2v) is 5.11. The highest BCUT2D eigenvalue weighted by molar-refractivity contribution is 6.09. The number of amides is 2. The van der Waals surface area contributed by atoms with Crippen LogP contribution in [-0.2, 0) is 0 Å². The molecule has 0 saturated carbocycles. The number of carbonyl (C=O) groups is 1. The van der Waals surface area contributed by atoms with Crippen LogP contribution in [0.3, 0.4) is 0 Å². The number of hydrogen-bond acceptors (Lipinski definition) is 3. The number of rotatable bonds is 1. The van der Waals surface area contributed by atoms with E-state index in [1.807, 2.05) is 48.5 Å². The van der Waals surface area contributed by atoms with Gasteiger partial charge in [0.1, 0.15) is 11.6 Å². The molecule has 4 rings (SSSR count). The van der Waals surface area contributed by atoms with Crippen molar-refractivity contribution in [2.75, 3.05) is 10.6 Å². The van der Waals surface area contributed by atoms with Crippen LogP contribution in [0.4, 0.5) is 16.4 Å². The third-order valence-corrected chi connectivity index (χ3v) is 3.73. The summed E-state index contributed by atoms with van der Waals surface area (Å²) in [4.78, 5) is 12.0. The molecule has 0 aliphatic carbocycles. The summed E-state index contributed by atoms with van der Waals surface area (Å²) in [5, 5.41) is 15.1. The number of furan rings is 1. The number of benzene rings is 2. The van der Waals surface area contributed by atoms with E-state index < -0.39 is 6.03 Å². The van der Waals surface area contributed by atoms with Gasteiger partial charge in [-0.15, -0.1) is 0 Å². The summed E-state index contributed by atoms with van der Waals surface area (Å²) in [5.41, 5.74) is 3.18. The number of nitrogens with one attached hydrogen (secondary N) is 2. The van der Waals surface area contributed by atoms with E-state index in [1.165, 1.54) is 0 Å². The highest BCUT2D eigenvalue weighted by atomic mass is 16.4. The van der Waals surface area contributed by atoms with Crippen molar-refractivity contribution in [2.45, 2.75) is 0 Å². The average Bonchev–Trinajstić information content (AvgIpc) is 2.87. The Morgan fingerprint density at radius 3 is 2.48 bits per heavy atom. The van der Waals surface area contributed by atoms with Gasteiger partial charge in [0.05, 0.1) is 11.3 Å². The van der Waals surface area contributed by atoms with E-state index in [0.29, 0.717) is 22.6 Å². The van der Waals surface area contributed by atoms with E-state index in [-0.39, 0.29) is 5.88 Å². The van der Waals surface area contributed by atoms with Gasteiger partial charge >= 0.3 is 6.03 Å². The SMILES string of the molecule is N#Cc1c(-c2ccccc2)oc2c1-c1ccccc1NC(=O)N2. The van der Waals surface area contributed by atoms with Crippen LogP contribution in [0.25, 0.3) is 22.5 Å². The summed E-state index contributed by atoms with van der Waals surface area (Å²) in [7, 11) is 0. The van der Waals surface area contributed by atoms with Crippen molar-refractivity contribution >= 4 is 17.6 Å². The largest absolute Gasteiger partial charge is 0.438 e. The molecule has 2 aromatic carbocycles. The van der Waals surface area contributed by atoms with Gasteiger partial charge in [0.15, 0.2) is 5.76 Å². The number of carbonyl (C=O) groups excluding carboxylic acids is 1. The summed E-state index contributed by atoms with van der Waals surface area (Å²) >= 11 is 0. The molecule has 2 amide bonds. The van der Waals surface area contributed by atoms with Gasteiger partial charge in [0, 0.05) is 11.1 Å². The molecule has 0 radical (unpaired) electrons. The van der Waals surface area contributed by atoms with Crippen molar-refractivity contribution in [3.8, 4) is 28.5 Å². The molecule has 5 nitrogen and oxygen atoms in total. The molecule has 0 spiro atoms. The molecule has 0 atom stereocenters. The fraction of sp³-hybridized carbons (Fsp3) is 0. The van der Waals surface area contributed by atoms with Crippen molar-refractivity contribution in [2.24, 2.45) is 0 Å². The van der Waals surface area contributed by atoms with E-state index in [4.69, 9.17) is 4.42 Å². The molecule has 0 fully saturated rings. The minimum atomic E-state index is -0.394. The van der Waals surface area contributed by atoms with Crippen LogP contribution < -0.4 is 10.6 Å². The van der Waals surface area contributed by atoms with Crippen LogP contribution in [0.15, 0.2) is 59.0 Å². The number of para-hydroxylation sites is 1. The first-order chi connectivity index (χ1) is 11.3. The Balaban J connectivity index is 2.04. The Morgan fingerprint density at radius 2 is 1.70 bits per heavy atom. The van der Waals surface area contributed by atoms with E-state index in [9.17, 15) is 10.1 Å². The molecular weight excluding hydrogens is 290 g/mol. The molecule has 2 heterocycles. The number of fused-ring (bicyclic) bond motifs is 3. The topological polar surface area (TPSA) is 78.1 Å². The normalized spacial score (nSPS) is 12.2. The molecule has 23 heavy (non-hydrogen) atoms. The minimum absolute atomic E-state index is 0.280. The molecule has 0 unspecified atom stereocenters. The molecule has 0 bridgehead atoms. The Bertz CT molecular complexity index is 952.